The monoisotopic (exact) mass is 283 g/mol. The lowest BCUT2D eigenvalue weighted by Gasteiger charge is -2.41. The Morgan fingerprint density at radius 1 is 1.53 bits per heavy atom. The topological polar surface area (TPSA) is 89.5 Å². The fourth-order valence-electron chi connectivity index (χ4n) is 2.50. The minimum absolute atomic E-state index is 0.0324. The van der Waals surface area contributed by atoms with E-state index in [1.165, 1.54) is 6.07 Å². The van der Waals surface area contributed by atoms with Crippen molar-refractivity contribution in [3.8, 4) is 0 Å². The summed E-state index contributed by atoms with van der Waals surface area (Å²) in [6.45, 7) is 3.87. The van der Waals surface area contributed by atoms with Crippen LogP contribution in [0.1, 0.15) is 37.6 Å². The van der Waals surface area contributed by atoms with Gasteiger partial charge in [0.25, 0.3) is 0 Å². The highest BCUT2D eigenvalue weighted by Crippen LogP contribution is 2.38. The molecule has 1 fully saturated rings. The molecule has 0 aliphatic carbocycles. The largest absolute Gasteiger partial charge is 0.331 e. The molecule has 1 aromatic rings. The third-order valence-electron chi connectivity index (χ3n) is 3.33. The lowest BCUT2D eigenvalue weighted by Crippen LogP contribution is -2.51. The summed E-state index contributed by atoms with van der Waals surface area (Å²) in [7, 11) is 0. The molecule has 0 radical (unpaired) electrons. The number of carbonyl (C=O) groups excluding carboxylic acids is 1. The molecule has 2 atom stereocenters. The highest BCUT2D eigenvalue weighted by Gasteiger charge is 2.37. The normalized spacial score (nSPS) is 24.0. The highest BCUT2D eigenvalue weighted by atomic mass is 32.1. The van der Waals surface area contributed by atoms with E-state index in [1.54, 1.807) is 11.0 Å². The number of carbonyl (C=O) groups is 1. The van der Waals surface area contributed by atoms with Crippen molar-refractivity contribution in [3.05, 3.63) is 27.1 Å². The van der Waals surface area contributed by atoms with Gasteiger partial charge >= 0.3 is 5.00 Å². The Bertz CT molecular complexity index is 500. The average molecular weight is 283 g/mol. The number of nitrogens with two attached hydrogens (primary N) is 1. The number of hydrogen-bond donors (Lipinski definition) is 1. The van der Waals surface area contributed by atoms with Crippen molar-refractivity contribution in [1.29, 1.82) is 0 Å². The molecule has 1 aliphatic heterocycles. The third-order valence-corrected chi connectivity index (χ3v) is 4.43. The number of amides is 1. The first-order valence-corrected chi connectivity index (χ1v) is 7.04. The Balaban J connectivity index is 2.36. The van der Waals surface area contributed by atoms with E-state index < -0.39 is 4.92 Å². The van der Waals surface area contributed by atoms with Gasteiger partial charge in [-0.15, -0.1) is 0 Å². The van der Waals surface area contributed by atoms with E-state index in [4.69, 9.17) is 5.73 Å². The first kappa shape index (κ1) is 14.0. The van der Waals surface area contributed by atoms with Crippen LogP contribution in [-0.2, 0) is 4.79 Å². The predicted octanol–water partition coefficient (Wildman–Crippen LogP) is 2.06. The van der Waals surface area contributed by atoms with Gasteiger partial charge in [0.15, 0.2) is 0 Å². The Labute approximate surface area is 115 Å². The fraction of sp³-hybridized carbons (Fsp3) is 0.583. The van der Waals surface area contributed by atoms with Gasteiger partial charge in [-0.1, -0.05) is 11.3 Å². The molecule has 1 aromatic heterocycles. The van der Waals surface area contributed by atoms with Gasteiger partial charge in [0.1, 0.15) is 0 Å². The van der Waals surface area contributed by atoms with E-state index in [2.05, 4.69) is 0 Å². The van der Waals surface area contributed by atoms with Crippen molar-refractivity contribution in [1.82, 2.24) is 4.90 Å². The van der Waals surface area contributed by atoms with Crippen molar-refractivity contribution in [2.24, 2.45) is 5.73 Å². The summed E-state index contributed by atoms with van der Waals surface area (Å²) in [5.74, 6) is 0.0674. The van der Waals surface area contributed by atoms with E-state index in [1.807, 2.05) is 13.8 Å². The second-order valence-corrected chi connectivity index (χ2v) is 6.07. The number of rotatable bonds is 3. The molecule has 2 heterocycles. The van der Waals surface area contributed by atoms with E-state index in [0.717, 1.165) is 16.2 Å². The van der Waals surface area contributed by atoms with Crippen LogP contribution in [0.4, 0.5) is 5.00 Å². The Hall–Kier alpha value is -1.47. The van der Waals surface area contributed by atoms with E-state index in [0.29, 0.717) is 12.8 Å². The van der Waals surface area contributed by atoms with Crippen LogP contribution < -0.4 is 5.73 Å². The average Bonchev–Trinajstić information content (AvgIpc) is 2.80. The van der Waals surface area contributed by atoms with E-state index >= 15 is 0 Å². The second kappa shape index (κ2) is 5.26. The summed E-state index contributed by atoms with van der Waals surface area (Å²) in [5.41, 5.74) is 6.13. The lowest BCUT2D eigenvalue weighted by molar-refractivity contribution is -0.380. The quantitative estimate of drug-likeness (QED) is 0.679. The molecular formula is C12H17N3O3S. The molecule has 1 aliphatic rings. The second-order valence-electron chi connectivity index (χ2n) is 4.98. The zero-order chi connectivity index (χ0) is 14.2. The first-order chi connectivity index (χ1) is 8.91. The van der Waals surface area contributed by atoms with Crippen molar-refractivity contribution >= 4 is 22.2 Å². The maximum absolute atomic E-state index is 12.0. The summed E-state index contributed by atoms with van der Waals surface area (Å²) in [6.07, 6.45) is 1.07. The van der Waals surface area contributed by atoms with Crippen LogP contribution in [0.3, 0.4) is 0 Å². The molecule has 1 amide bonds. The number of piperidine rings is 1. The molecule has 0 aromatic carbocycles. The molecule has 2 unspecified atom stereocenters. The van der Waals surface area contributed by atoms with Crippen LogP contribution in [0.15, 0.2) is 12.1 Å². The van der Waals surface area contributed by atoms with Crippen molar-refractivity contribution in [2.45, 2.75) is 44.8 Å². The number of likely N-dealkylation sites (tertiary alicyclic amines) is 1. The molecular weight excluding hydrogens is 266 g/mol. The van der Waals surface area contributed by atoms with Gasteiger partial charge in [0, 0.05) is 29.4 Å². The summed E-state index contributed by atoms with van der Waals surface area (Å²) >= 11 is 1.10. The van der Waals surface area contributed by atoms with E-state index in [-0.39, 0.29) is 29.0 Å². The van der Waals surface area contributed by atoms with Crippen LogP contribution in [0.25, 0.3) is 0 Å². The Kier molecular flexibility index (Phi) is 3.86. The zero-order valence-electron chi connectivity index (χ0n) is 10.9. The van der Waals surface area contributed by atoms with Gasteiger partial charge in [-0.05, 0) is 26.3 Å². The summed E-state index contributed by atoms with van der Waals surface area (Å²) < 4.78 is 0. The third kappa shape index (κ3) is 2.62. The van der Waals surface area contributed by atoms with Gasteiger partial charge in [-0.2, -0.15) is 0 Å². The highest BCUT2D eigenvalue weighted by molar-refractivity contribution is 7.15. The van der Waals surface area contributed by atoms with Crippen LogP contribution in [-0.4, -0.2) is 27.8 Å². The first-order valence-electron chi connectivity index (χ1n) is 6.22. The molecule has 6 nitrogen and oxygen atoms in total. The number of hydrogen-bond acceptors (Lipinski definition) is 5. The van der Waals surface area contributed by atoms with Gasteiger partial charge < -0.3 is 10.6 Å². The van der Waals surface area contributed by atoms with Crippen molar-refractivity contribution in [2.75, 3.05) is 0 Å². The van der Waals surface area contributed by atoms with Gasteiger partial charge in [-0.3, -0.25) is 14.9 Å². The van der Waals surface area contributed by atoms with E-state index in [9.17, 15) is 14.9 Å². The van der Waals surface area contributed by atoms with Crippen LogP contribution in [0, 0.1) is 10.1 Å². The van der Waals surface area contributed by atoms with Gasteiger partial charge in [0.2, 0.25) is 5.91 Å². The maximum atomic E-state index is 12.0. The van der Waals surface area contributed by atoms with Crippen LogP contribution >= 0.6 is 11.3 Å². The standard InChI is InChI=1S/C12H17N3O3S/c1-7(2)14-10(16)5-3-8(13)12(14)9-4-6-11(19-9)15(17)18/h4,6-8,12H,3,5,13H2,1-2H3. The SMILES string of the molecule is CC(C)N1C(=O)CCC(N)C1c1ccc([N+](=O)[O-])s1. The molecule has 7 heteroatoms. The number of nitrogens with zero attached hydrogens (tertiary/aromatic N) is 2. The molecule has 0 spiro atoms. The molecule has 0 bridgehead atoms. The molecule has 0 saturated carbocycles. The number of nitro groups is 1. The smallest absolute Gasteiger partial charge is 0.324 e. The molecule has 104 valence electrons. The molecule has 2 rings (SSSR count). The molecule has 19 heavy (non-hydrogen) atoms. The Morgan fingerprint density at radius 2 is 2.21 bits per heavy atom. The van der Waals surface area contributed by atoms with Crippen LogP contribution in [0.5, 0.6) is 0 Å². The lowest BCUT2D eigenvalue weighted by atomic mass is 9.94. The molecule has 2 N–H and O–H groups in total. The predicted molar refractivity (Wildman–Crippen MR) is 72.9 cm³/mol. The van der Waals surface area contributed by atoms with Gasteiger partial charge in [0.05, 0.1) is 11.0 Å². The zero-order valence-corrected chi connectivity index (χ0v) is 11.7. The fourth-order valence-corrected chi connectivity index (χ4v) is 3.49. The summed E-state index contributed by atoms with van der Waals surface area (Å²) in [6, 6.07) is 2.80. The van der Waals surface area contributed by atoms with Crippen LogP contribution in [0.2, 0.25) is 0 Å². The minimum Gasteiger partial charge on any atom is -0.331 e. The number of thiophene rings is 1. The minimum atomic E-state index is -0.413. The maximum Gasteiger partial charge on any atom is 0.324 e. The summed E-state index contributed by atoms with van der Waals surface area (Å²) in [5, 5.41) is 10.8. The van der Waals surface area contributed by atoms with Crippen molar-refractivity contribution in [3.63, 3.8) is 0 Å². The summed E-state index contributed by atoms with van der Waals surface area (Å²) in [4.78, 5) is 24.9. The molecule has 1 saturated heterocycles. The van der Waals surface area contributed by atoms with Crippen molar-refractivity contribution < 1.29 is 9.72 Å². The van der Waals surface area contributed by atoms with Gasteiger partial charge in [-0.25, -0.2) is 0 Å². The Morgan fingerprint density at radius 3 is 2.74 bits per heavy atom.